The third kappa shape index (κ3) is 3.55. The molecular formula is C17H17N5O3. The van der Waals surface area contributed by atoms with Gasteiger partial charge < -0.3 is 20.3 Å². The van der Waals surface area contributed by atoms with Gasteiger partial charge in [-0.2, -0.15) is 15.6 Å². The molecule has 2 rings (SSSR count). The molecule has 0 bridgehead atoms. The largest absolute Gasteiger partial charge is 0.497 e. The van der Waals surface area contributed by atoms with Crippen molar-refractivity contribution >= 4 is 17.5 Å². The van der Waals surface area contributed by atoms with Gasteiger partial charge in [-0.3, -0.25) is 0 Å². The first-order valence-corrected chi connectivity index (χ1v) is 7.31. The van der Waals surface area contributed by atoms with Crippen LogP contribution in [0.4, 0.5) is 5.82 Å². The van der Waals surface area contributed by atoms with E-state index in [0.717, 1.165) is 0 Å². The van der Waals surface area contributed by atoms with Gasteiger partial charge in [0.1, 0.15) is 40.7 Å². The summed E-state index contributed by atoms with van der Waals surface area (Å²) < 4.78 is 11.8. The fourth-order valence-electron chi connectivity index (χ4n) is 2.30. The monoisotopic (exact) mass is 339 g/mol. The number of anilines is 1. The summed E-state index contributed by atoms with van der Waals surface area (Å²) in [6.07, 6.45) is 1.55. The van der Waals surface area contributed by atoms with Gasteiger partial charge in [0, 0.05) is 5.56 Å². The highest BCUT2D eigenvalue weighted by atomic mass is 16.5. The Bertz CT molecular complexity index is 887. The molecule has 0 atom stereocenters. The molecule has 1 heterocycles. The zero-order chi connectivity index (χ0) is 18.4. The van der Waals surface area contributed by atoms with E-state index in [1.807, 2.05) is 12.1 Å². The summed E-state index contributed by atoms with van der Waals surface area (Å²) >= 11 is 0. The molecule has 0 aliphatic rings. The molecule has 0 unspecified atom stereocenters. The number of ether oxygens (including phenoxy) is 2. The fraction of sp³-hybridized carbons (Fsp3) is 0.235. The van der Waals surface area contributed by atoms with E-state index in [4.69, 9.17) is 20.3 Å². The summed E-state index contributed by atoms with van der Waals surface area (Å²) in [4.78, 5) is 0. The predicted molar refractivity (Wildman–Crippen MR) is 91.5 cm³/mol. The Hall–Kier alpha value is -3.49. The first kappa shape index (κ1) is 17.9. The highest BCUT2D eigenvalue weighted by molar-refractivity contribution is 5.92. The van der Waals surface area contributed by atoms with E-state index in [1.165, 1.54) is 18.9 Å². The quantitative estimate of drug-likeness (QED) is 0.761. The number of nitrogen functional groups attached to an aromatic ring is 1. The molecule has 3 N–H and O–H groups in total. The molecule has 25 heavy (non-hydrogen) atoms. The molecule has 0 fully saturated rings. The van der Waals surface area contributed by atoms with Gasteiger partial charge in [-0.05, 0) is 24.3 Å². The van der Waals surface area contributed by atoms with Gasteiger partial charge in [-0.15, -0.1) is 0 Å². The second-order valence-electron chi connectivity index (χ2n) is 4.95. The lowest BCUT2D eigenvalue weighted by molar-refractivity contribution is 0.270. The zero-order valence-electron chi connectivity index (χ0n) is 13.9. The molecule has 0 aliphatic carbocycles. The summed E-state index contributed by atoms with van der Waals surface area (Å²) in [5.41, 5.74) is 6.85. The summed E-state index contributed by atoms with van der Waals surface area (Å²) in [5, 5.41) is 32.1. The minimum Gasteiger partial charge on any atom is -0.497 e. The van der Waals surface area contributed by atoms with Crippen LogP contribution in [-0.4, -0.2) is 35.7 Å². The minimum atomic E-state index is -0.189. The van der Waals surface area contributed by atoms with Crippen molar-refractivity contribution in [2.45, 2.75) is 6.54 Å². The molecule has 128 valence electrons. The molecule has 8 heteroatoms. The van der Waals surface area contributed by atoms with Crippen LogP contribution < -0.4 is 15.2 Å². The van der Waals surface area contributed by atoms with E-state index in [9.17, 15) is 10.5 Å². The minimum absolute atomic E-state index is 0.0862. The maximum atomic E-state index is 9.54. The topological polar surface area (TPSA) is 130 Å². The summed E-state index contributed by atoms with van der Waals surface area (Å²) in [5.74, 6) is 1.23. The number of nitrogens with zero attached hydrogens (tertiary/aromatic N) is 4. The van der Waals surface area contributed by atoms with Crippen LogP contribution in [0, 0.1) is 22.7 Å². The first-order chi connectivity index (χ1) is 12.1. The van der Waals surface area contributed by atoms with Crippen LogP contribution in [0.25, 0.3) is 11.6 Å². The molecule has 1 aromatic heterocycles. The smallest absolute Gasteiger partial charge is 0.140 e. The van der Waals surface area contributed by atoms with Crippen molar-refractivity contribution in [3.8, 4) is 23.6 Å². The molecule has 0 spiro atoms. The average molecular weight is 339 g/mol. The van der Waals surface area contributed by atoms with E-state index in [2.05, 4.69) is 5.10 Å². The maximum Gasteiger partial charge on any atom is 0.140 e. The van der Waals surface area contributed by atoms with Crippen molar-refractivity contribution < 1.29 is 14.6 Å². The van der Waals surface area contributed by atoms with Crippen molar-refractivity contribution in [3.05, 3.63) is 35.0 Å². The van der Waals surface area contributed by atoms with Gasteiger partial charge in [0.25, 0.3) is 0 Å². The summed E-state index contributed by atoms with van der Waals surface area (Å²) in [7, 11) is 3.05. The van der Waals surface area contributed by atoms with Crippen LogP contribution in [0.3, 0.4) is 0 Å². The van der Waals surface area contributed by atoms with E-state index in [0.29, 0.717) is 17.1 Å². The van der Waals surface area contributed by atoms with E-state index < -0.39 is 0 Å². The maximum absolute atomic E-state index is 9.54. The molecule has 0 aliphatic heterocycles. The van der Waals surface area contributed by atoms with E-state index in [1.54, 1.807) is 24.3 Å². The van der Waals surface area contributed by atoms with Gasteiger partial charge in [0.05, 0.1) is 32.9 Å². The highest BCUT2D eigenvalue weighted by Gasteiger charge is 2.19. The molecule has 0 radical (unpaired) electrons. The number of nitriles is 2. The number of rotatable bonds is 6. The second-order valence-corrected chi connectivity index (χ2v) is 4.95. The third-order valence-electron chi connectivity index (χ3n) is 3.53. The van der Waals surface area contributed by atoms with E-state index in [-0.39, 0.29) is 35.8 Å². The van der Waals surface area contributed by atoms with Gasteiger partial charge in [0.2, 0.25) is 0 Å². The number of aliphatic hydroxyl groups excluding tert-OH is 1. The number of aromatic nitrogens is 2. The molecule has 0 saturated heterocycles. The van der Waals surface area contributed by atoms with Crippen molar-refractivity contribution in [1.29, 1.82) is 10.5 Å². The van der Waals surface area contributed by atoms with Crippen molar-refractivity contribution in [2.24, 2.45) is 0 Å². The lowest BCUT2D eigenvalue weighted by Gasteiger charge is -2.07. The fourth-order valence-corrected chi connectivity index (χ4v) is 2.30. The molecular weight excluding hydrogens is 322 g/mol. The Balaban J connectivity index is 2.62. The van der Waals surface area contributed by atoms with Crippen LogP contribution in [0.1, 0.15) is 16.8 Å². The Morgan fingerprint density at radius 3 is 2.68 bits per heavy atom. The number of hydrogen-bond acceptors (Lipinski definition) is 7. The Kier molecular flexibility index (Phi) is 5.62. The average Bonchev–Trinajstić information content (AvgIpc) is 2.95. The molecule has 8 nitrogen and oxygen atoms in total. The lowest BCUT2D eigenvalue weighted by atomic mass is 10.1. The SMILES string of the molecule is COc1ccc(OC)c(/C=C(\C#N)c2nn(CCO)c(N)c2C#N)c1. The molecule has 0 amide bonds. The number of hydrogen-bond donors (Lipinski definition) is 2. The van der Waals surface area contributed by atoms with Crippen molar-refractivity contribution in [3.63, 3.8) is 0 Å². The summed E-state index contributed by atoms with van der Waals surface area (Å²) in [6, 6.07) is 9.14. The lowest BCUT2D eigenvalue weighted by Crippen LogP contribution is -2.07. The normalized spacial score (nSPS) is 10.8. The van der Waals surface area contributed by atoms with Crippen LogP contribution in [0.5, 0.6) is 11.5 Å². The highest BCUT2D eigenvalue weighted by Crippen LogP contribution is 2.30. The first-order valence-electron chi connectivity index (χ1n) is 7.31. The predicted octanol–water partition coefficient (Wildman–Crippen LogP) is 1.41. The Morgan fingerprint density at radius 1 is 1.36 bits per heavy atom. The van der Waals surface area contributed by atoms with Crippen LogP contribution in [0.15, 0.2) is 18.2 Å². The number of nitrogens with two attached hydrogens (primary N) is 1. The van der Waals surface area contributed by atoms with Gasteiger partial charge in [0.15, 0.2) is 0 Å². The number of aliphatic hydroxyl groups is 1. The molecule has 1 aromatic carbocycles. The molecule has 2 aromatic rings. The van der Waals surface area contributed by atoms with Crippen molar-refractivity contribution in [1.82, 2.24) is 9.78 Å². The molecule has 0 saturated carbocycles. The zero-order valence-corrected chi connectivity index (χ0v) is 13.9. The number of allylic oxidation sites excluding steroid dienone is 1. The van der Waals surface area contributed by atoms with E-state index >= 15 is 0 Å². The van der Waals surface area contributed by atoms with Gasteiger partial charge >= 0.3 is 0 Å². The van der Waals surface area contributed by atoms with Crippen LogP contribution in [-0.2, 0) is 6.54 Å². The van der Waals surface area contributed by atoms with Gasteiger partial charge in [-0.25, -0.2) is 4.68 Å². The van der Waals surface area contributed by atoms with Gasteiger partial charge in [-0.1, -0.05) is 0 Å². The van der Waals surface area contributed by atoms with Crippen LogP contribution >= 0.6 is 0 Å². The Labute approximate surface area is 144 Å². The summed E-state index contributed by atoms with van der Waals surface area (Å²) in [6.45, 7) is -0.0623. The third-order valence-corrected chi connectivity index (χ3v) is 3.53. The van der Waals surface area contributed by atoms with Crippen molar-refractivity contribution in [2.75, 3.05) is 26.6 Å². The Morgan fingerprint density at radius 2 is 2.12 bits per heavy atom. The number of benzene rings is 1. The van der Waals surface area contributed by atoms with Crippen LogP contribution in [0.2, 0.25) is 0 Å². The standard InChI is InChI=1S/C17H17N5O3/c1-24-13-3-4-15(25-2)11(8-13)7-12(9-18)16-14(10-19)17(20)22(21-16)5-6-23/h3-4,7-8,23H,5-6,20H2,1-2H3/b12-7+. The number of methoxy groups -OCH3 is 2. The second kappa shape index (κ2) is 7.86.